The van der Waals surface area contributed by atoms with Crippen molar-refractivity contribution in [3.05, 3.63) is 231 Å². The smallest absolute Gasteiger partial charge is 0.164 e. The summed E-state index contributed by atoms with van der Waals surface area (Å²) in [5, 5.41) is 2.47. The maximum absolute atomic E-state index is 5.17. The van der Waals surface area contributed by atoms with E-state index in [-0.39, 0.29) is 0 Å². The van der Waals surface area contributed by atoms with Gasteiger partial charge in [0.15, 0.2) is 17.5 Å². The summed E-state index contributed by atoms with van der Waals surface area (Å²) in [6.45, 7) is 0. The van der Waals surface area contributed by atoms with Crippen LogP contribution in [0.3, 0.4) is 0 Å². The SMILES string of the molecule is c1ccc(-c2cccc(-c3nc(-c4cccc(-c5ccccc5)c4)nc(-c4cccc(-c5cccc(-c6ccc7c(c6)c6ccccc6n7-c6ccccc6)c5)c4)n3)c2)cc1. The molecular formula is C57H38N4. The average molecular weight is 779 g/mol. The molecule has 11 rings (SSSR count). The highest BCUT2D eigenvalue weighted by molar-refractivity contribution is 6.10. The van der Waals surface area contributed by atoms with Crippen LogP contribution in [0.4, 0.5) is 0 Å². The van der Waals surface area contributed by atoms with Gasteiger partial charge >= 0.3 is 0 Å². The van der Waals surface area contributed by atoms with Gasteiger partial charge in [-0.3, -0.25) is 0 Å². The van der Waals surface area contributed by atoms with E-state index in [9.17, 15) is 0 Å². The van der Waals surface area contributed by atoms with E-state index >= 15 is 0 Å². The Bertz CT molecular complexity index is 3250. The van der Waals surface area contributed by atoms with Gasteiger partial charge in [-0.05, 0) is 99.1 Å². The molecule has 0 atom stereocenters. The van der Waals surface area contributed by atoms with Crippen LogP contribution >= 0.6 is 0 Å². The average Bonchev–Trinajstić information content (AvgIpc) is 3.68. The van der Waals surface area contributed by atoms with Crippen LogP contribution in [0.2, 0.25) is 0 Å². The zero-order valence-corrected chi connectivity index (χ0v) is 33.2. The van der Waals surface area contributed by atoms with E-state index in [1.54, 1.807) is 0 Å². The fourth-order valence-corrected chi connectivity index (χ4v) is 8.42. The van der Waals surface area contributed by atoms with Gasteiger partial charge in [-0.2, -0.15) is 0 Å². The van der Waals surface area contributed by atoms with E-state index in [1.807, 2.05) is 12.1 Å². The van der Waals surface area contributed by atoms with E-state index in [0.717, 1.165) is 61.3 Å². The quantitative estimate of drug-likeness (QED) is 0.154. The van der Waals surface area contributed by atoms with E-state index < -0.39 is 0 Å². The molecule has 0 radical (unpaired) electrons. The first-order chi connectivity index (χ1) is 30.2. The molecule has 61 heavy (non-hydrogen) atoms. The van der Waals surface area contributed by atoms with Crippen molar-refractivity contribution in [2.75, 3.05) is 0 Å². The van der Waals surface area contributed by atoms with Gasteiger partial charge in [0.05, 0.1) is 11.0 Å². The molecule has 0 bridgehead atoms. The molecule has 286 valence electrons. The molecule has 0 amide bonds. The standard InChI is InChI=1S/C57H38N4/c1-4-16-39(17-5-1)41-20-13-25-47(35-41)55-58-56(48-26-14-21-42(36-48)40-18-6-2-7-19-40)60-57(59-55)49-27-15-24-45(37-49)43-22-12-23-44(34-43)46-32-33-54-52(38-46)51-30-10-11-31-53(51)61(54)50-28-8-3-9-29-50/h1-38H. The fraction of sp³-hybridized carbons (Fsp3) is 0. The van der Waals surface area contributed by atoms with Crippen molar-refractivity contribution in [2.45, 2.75) is 0 Å². The Morgan fingerprint density at radius 3 is 1.07 bits per heavy atom. The molecule has 0 N–H and O–H groups in total. The van der Waals surface area contributed by atoms with E-state index in [4.69, 9.17) is 15.0 Å². The Morgan fingerprint density at radius 2 is 0.574 bits per heavy atom. The molecule has 2 aromatic heterocycles. The van der Waals surface area contributed by atoms with Crippen LogP contribution in [-0.4, -0.2) is 19.5 Å². The van der Waals surface area contributed by atoms with Crippen molar-refractivity contribution in [1.29, 1.82) is 0 Å². The maximum atomic E-state index is 5.17. The summed E-state index contributed by atoms with van der Waals surface area (Å²) in [4.78, 5) is 15.5. The van der Waals surface area contributed by atoms with Crippen molar-refractivity contribution in [1.82, 2.24) is 19.5 Å². The summed E-state index contributed by atoms with van der Waals surface area (Å²) in [5.41, 5.74) is 15.3. The Kier molecular flexibility index (Phi) is 9.14. The Balaban J connectivity index is 0.997. The predicted molar refractivity (Wildman–Crippen MR) is 252 cm³/mol. The van der Waals surface area contributed by atoms with Crippen LogP contribution in [0, 0.1) is 0 Å². The molecule has 0 aliphatic heterocycles. The third-order valence-electron chi connectivity index (χ3n) is 11.4. The number of fused-ring (bicyclic) bond motifs is 3. The van der Waals surface area contributed by atoms with Crippen LogP contribution in [0.15, 0.2) is 231 Å². The second-order valence-corrected chi connectivity index (χ2v) is 15.3. The highest BCUT2D eigenvalue weighted by Crippen LogP contribution is 2.37. The monoisotopic (exact) mass is 778 g/mol. The summed E-state index contributed by atoms with van der Waals surface area (Å²) in [7, 11) is 0. The van der Waals surface area contributed by atoms with Gasteiger partial charge in [0, 0.05) is 33.2 Å². The van der Waals surface area contributed by atoms with Crippen molar-refractivity contribution in [3.63, 3.8) is 0 Å². The number of para-hydroxylation sites is 2. The molecule has 0 fully saturated rings. The maximum Gasteiger partial charge on any atom is 0.164 e. The summed E-state index contributed by atoms with van der Waals surface area (Å²) in [5.74, 6) is 1.87. The van der Waals surface area contributed by atoms with Gasteiger partial charge in [-0.1, -0.05) is 176 Å². The lowest BCUT2D eigenvalue weighted by molar-refractivity contribution is 1.07. The minimum atomic E-state index is 0.619. The molecule has 0 saturated carbocycles. The summed E-state index contributed by atoms with van der Waals surface area (Å²) in [6, 6.07) is 81.2. The van der Waals surface area contributed by atoms with Gasteiger partial charge < -0.3 is 4.57 Å². The molecule has 0 aliphatic carbocycles. The topological polar surface area (TPSA) is 43.6 Å². The molecule has 0 spiro atoms. The molecular weight excluding hydrogens is 741 g/mol. The summed E-state index contributed by atoms with van der Waals surface area (Å²) in [6.07, 6.45) is 0. The fourth-order valence-electron chi connectivity index (χ4n) is 8.42. The first-order valence-electron chi connectivity index (χ1n) is 20.6. The van der Waals surface area contributed by atoms with E-state index in [1.165, 1.54) is 27.4 Å². The molecule has 9 aromatic carbocycles. The Labute approximate surface area is 354 Å². The molecule has 0 unspecified atom stereocenters. The van der Waals surface area contributed by atoms with Crippen molar-refractivity contribution in [3.8, 4) is 84.4 Å². The third kappa shape index (κ3) is 6.96. The lowest BCUT2D eigenvalue weighted by Gasteiger charge is -2.12. The van der Waals surface area contributed by atoms with Crippen molar-refractivity contribution >= 4 is 21.8 Å². The third-order valence-corrected chi connectivity index (χ3v) is 11.4. The highest BCUT2D eigenvalue weighted by Gasteiger charge is 2.16. The van der Waals surface area contributed by atoms with Gasteiger partial charge in [-0.25, -0.2) is 15.0 Å². The van der Waals surface area contributed by atoms with Crippen molar-refractivity contribution < 1.29 is 0 Å². The first kappa shape index (κ1) is 35.9. The summed E-state index contributed by atoms with van der Waals surface area (Å²) < 4.78 is 2.36. The number of rotatable bonds is 8. The minimum Gasteiger partial charge on any atom is -0.309 e. The van der Waals surface area contributed by atoms with Gasteiger partial charge in [0.1, 0.15) is 0 Å². The van der Waals surface area contributed by atoms with Crippen LogP contribution in [0.25, 0.3) is 106 Å². The molecule has 4 heteroatoms. The zero-order valence-electron chi connectivity index (χ0n) is 33.2. The lowest BCUT2D eigenvalue weighted by atomic mass is 9.97. The predicted octanol–water partition coefficient (Wildman–Crippen LogP) is 14.6. The molecule has 0 saturated heterocycles. The van der Waals surface area contributed by atoms with Gasteiger partial charge in [0.2, 0.25) is 0 Å². The summed E-state index contributed by atoms with van der Waals surface area (Å²) >= 11 is 0. The number of hydrogen-bond donors (Lipinski definition) is 0. The Morgan fingerprint density at radius 1 is 0.230 bits per heavy atom. The lowest BCUT2D eigenvalue weighted by Crippen LogP contribution is -2.00. The number of aromatic nitrogens is 4. The normalized spacial score (nSPS) is 11.3. The van der Waals surface area contributed by atoms with Crippen LogP contribution < -0.4 is 0 Å². The second-order valence-electron chi connectivity index (χ2n) is 15.3. The molecule has 11 aromatic rings. The largest absolute Gasteiger partial charge is 0.309 e. The Hall–Kier alpha value is -8.21. The second kappa shape index (κ2) is 15.5. The van der Waals surface area contributed by atoms with Crippen LogP contribution in [-0.2, 0) is 0 Å². The molecule has 4 nitrogen and oxygen atoms in total. The number of benzene rings is 9. The van der Waals surface area contributed by atoms with Crippen LogP contribution in [0.5, 0.6) is 0 Å². The van der Waals surface area contributed by atoms with Gasteiger partial charge in [-0.15, -0.1) is 0 Å². The highest BCUT2D eigenvalue weighted by atomic mass is 15.0. The van der Waals surface area contributed by atoms with E-state index in [2.05, 4.69) is 223 Å². The van der Waals surface area contributed by atoms with Crippen LogP contribution in [0.1, 0.15) is 0 Å². The van der Waals surface area contributed by atoms with Gasteiger partial charge in [0.25, 0.3) is 0 Å². The van der Waals surface area contributed by atoms with Crippen molar-refractivity contribution in [2.24, 2.45) is 0 Å². The molecule has 2 heterocycles. The van der Waals surface area contributed by atoms with E-state index in [0.29, 0.717) is 17.5 Å². The minimum absolute atomic E-state index is 0.619. The zero-order chi connectivity index (χ0) is 40.5. The first-order valence-corrected chi connectivity index (χ1v) is 20.6. The number of hydrogen-bond acceptors (Lipinski definition) is 3. The molecule has 0 aliphatic rings. The number of nitrogens with zero attached hydrogens (tertiary/aromatic N) is 4.